The van der Waals surface area contributed by atoms with Crippen LogP contribution in [-0.2, 0) is 14.4 Å². The smallest absolute Gasteiger partial charge is 0.244 e. The summed E-state index contributed by atoms with van der Waals surface area (Å²) in [6.07, 6.45) is 5.34. The van der Waals surface area contributed by atoms with Gasteiger partial charge in [0.2, 0.25) is 17.7 Å². The monoisotopic (exact) mass is 390 g/mol. The summed E-state index contributed by atoms with van der Waals surface area (Å²) >= 11 is 12.0. The summed E-state index contributed by atoms with van der Waals surface area (Å²) in [5.74, 6) is -0.0606. The summed E-state index contributed by atoms with van der Waals surface area (Å²) in [7, 11) is 0. The van der Waals surface area contributed by atoms with Gasteiger partial charge in [0.1, 0.15) is 6.54 Å². The predicted octanol–water partition coefficient (Wildman–Crippen LogP) is 2.99. The topological polar surface area (TPSA) is 66.5 Å². The van der Waals surface area contributed by atoms with Crippen LogP contribution in [0.5, 0.6) is 0 Å². The first-order valence-electron chi connectivity index (χ1n) is 8.74. The second kappa shape index (κ2) is 5.57. The van der Waals surface area contributed by atoms with Crippen LogP contribution in [0.4, 0.5) is 5.69 Å². The fourth-order valence-electron chi connectivity index (χ4n) is 5.10. The average Bonchev–Trinajstić information content (AvgIpc) is 3.39. The van der Waals surface area contributed by atoms with E-state index in [0.717, 1.165) is 11.3 Å². The van der Waals surface area contributed by atoms with Gasteiger partial charge in [-0.3, -0.25) is 19.3 Å². The molecule has 26 heavy (non-hydrogen) atoms. The molecular formula is C19H16Cl2N2O3. The molecule has 2 bridgehead atoms. The molecule has 1 aromatic carbocycles. The number of carbonyl (C=O) groups excluding carboxylic acids is 3. The Morgan fingerprint density at radius 2 is 1.69 bits per heavy atom. The molecule has 7 heteroatoms. The SMILES string of the molecule is O=C(CN1C(=O)[C@@H]2[C@H]3C=C[C@@H]([C@@H]4C[C@@H]34)[C@H]2C1=O)Nc1cc(Cl)ccc1Cl. The van der Waals surface area contributed by atoms with Gasteiger partial charge in [0.15, 0.2) is 0 Å². The zero-order valence-electron chi connectivity index (χ0n) is 13.7. The number of anilines is 1. The number of likely N-dealkylation sites (tertiary alicyclic amines) is 1. The number of hydrogen-bond donors (Lipinski definition) is 1. The number of nitrogens with one attached hydrogen (secondary N) is 1. The van der Waals surface area contributed by atoms with Crippen LogP contribution in [0.2, 0.25) is 10.0 Å². The van der Waals surface area contributed by atoms with Crippen molar-refractivity contribution in [1.82, 2.24) is 4.90 Å². The molecule has 0 aromatic heterocycles. The Morgan fingerprint density at radius 3 is 2.31 bits per heavy atom. The molecule has 0 radical (unpaired) electrons. The minimum atomic E-state index is -0.458. The van der Waals surface area contributed by atoms with E-state index in [2.05, 4.69) is 17.5 Å². The number of amides is 3. The third kappa shape index (κ3) is 2.26. The van der Waals surface area contributed by atoms with Crippen molar-refractivity contribution in [2.24, 2.45) is 35.5 Å². The first kappa shape index (κ1) is 16.3. The van der Waals surface area contributed by atoms with Crippen molar-refractivity contribution in [3.8, 4) is 0 Å². The number of nitrogens with zero attached hydrogens (tertiary/aromatic N) is 1. The van der Waals surface area contributed by atoms with Crippen LogP contribution in [0, 0.1) is 35.5 Å². The van der Waals surface area contributed by atoms with E-state index in [1.54, 1.807) is 12.1 Å². The Labute approximate surface area is 160 Å². The Kier molecular flexibility index (Phi) is 3.50. The number of rotatable bonds is 3. The van der Waals surface area contributed by atoms with E-state index < -0.39 is 5.91 Å². The van der Waals surface area contributed by atoms with Crippen molar-refractivity contribution >= 4 is 46.6 Å². The van der Waals surface area contributed by atoms with Gasteiger partial charge in [-0.2, -0.15) is 0 Å². The van der Waals surface area contributed by atoms with E-state index in [9.17, 15) is 14.4 Å². The molecule has 3 fully saturated rings. The Morgan fingerprint density at radius 1 is 1.08 bits per heavy atom. The summed E-state index contributed by atoms with van der Waals surface area (Å²) < 4.78 is 0. The number of hydrogen-bond acceptors (Lipinski definition) is 3. The van der Waals surface area contributed by atoms with Crippen LogP contribution in [-0.4, -0.2) is 29.2 Å². The molecule has 5 nitrogen and oxygen atoms in total. The number of halogens is 2. The lowest BCUT2D eigenvalue weighted by Crippen LogP contribution is -2.40. The van der Waals surface area contributed by atoms with E-state index in [1.807, 2.05) is 0 Å². The summed E-state index contributed by atoms with van der Waals surface area (Å²) in [5, 5.41) is 3.42. The molecule has 1 N–H and O–H groups in total. The fourth-order valence-corrected chi connectivity index (χ4v) is 5.44. The van der Waals surface area contributed by atoms with Crippen LogP contribution in [0.3, 0.4) is 0 Å². The van der Waals surface area contributed by atoms with Gasteiger partial charge in [-0.05, 0) is 48.3 Å². The van der Waals surface area contributed by atoms with E-state index in [4.69, 9.17) is 23.2 Å². The largest absolute Gasteiger partial charge is 0.323 e. The highest BCUT2D eigenvalue weighted by molar-refractivity contribution is 6.35. The Bertz CT molecular complexity index is 848. The highest BCUT2D eigenvalue weighted by Gasteiger charge is 2.67. The molecule has 3 amide bonds. The molecule has 1 heterocycles. The molecule has 1 saturated heterocycles. The van der Waals surface area contributed by atoms with Crippen LogP contribution in [0.25, 0.3) is 0 Å². The fraction of sp³-hybridized carbons (Fsp3) is 0.421. The third-order valence-corrected chi connectivity index (χ3v) is 6.82. The summed E-state index contributed by atoms with van der Waals surface area (Å²) in [4.78, 5) is 39.2. The van der Waals surface area contributed by atoms with Crippen LogP contribution < -0.4 is 5.32 Å². The molecule has 0 unspecified atom stereocenters. The van der Waals surface area contributed by atoms with Crippen molar-refractivity contribution in [3.05, 3.63) is 40.4 Å². The van der Waals surface area contributed by atoms with Gasteiger partial charge in [0.25, 0.3) is 0 Å². The molecule has 1 aliphatic heterocycles. The normalized spacial score (nSPS) is 36.2. The number of benzene rings is 1. The third-order valence-electron chi connectivity index (χ3n) is 6.26. The summed E-state index contributed by atoms with van der Waals surface area (Å²) in [6.45, 7) is -0.289. The highest BCUT2D eigenvalue weighted by Crippen LogP contribution is 2.65. The number of imide groups is 1. The van der Waals surface area contributed by atoms with Gasteiger partial charge in [0.05, 0.1) is 22.5 Å². The van der Waals surface area contributed by atoms with Gasteiger partial charge in [-0.15, -0.1) is 0 Å². The molecule has 6 atom stereocenters. The summed E-state index contributed by atoms with van der Waals surface area (Å²) in [5.41, 5.74) is 0.364. The van der Waals surface area contributed by atoms with Crippen molar-refractivity contribution in [1.29, 1.82) is 0 Å². The molecule has 6 rings (SSSR count). The lowest BCUT2D eigenvalue weighted by atomic mass is 9.63. The number of allylic oxidation sites excluding steroid dienone is 2. The van der Waals surface area contributed by atoms with Crippen molar-refractivity contribution in [3.63, 3.8) is 0 Å². The van der Waals surface area contributed by atoms with Gasteiger partial charge in [-0.25, -0.2) is 0 Å². The molecule has 134 valence electrons. The van der Waals surface area contributed by atoms with Gasteiger partial charge in [0, 0.05) is 5.02 Å². The van der Waals surface area contributed by atoms with E-state index in [-0.39, 0.29) is 42.0 Å². The van der Waals surface area contributed by atoms with Crippen molar-refractivity contribution in [2.45, 2.75) is 6.42 Å². The van der Waals surface area contributed by atoms with Crippen molar-refractivity contribution < 1.29 is 14.4 Å². The maximum absolute atomic E-state index is 12.9. The lowest BCUT2D eigenvalue weighted by molar-refractivity contribution is -0.142. The van der Waals surface area contributed by atoms with Crippen molar-refractivity contribution in [2.75, 3.05) is 11.9 Å². The van der Waals surface area contributed by atoms with Crippen LogP contribution in [0.15, 0.2) is 30.4 Å². The molecule has 5 aliphatic rings. The molecule has 2 saturated carbocycles. The standard InChI is InChI=1S/C19H16Cl2N2O3/c20-8-1-4-13(21)14(5-8)22-15(24)7-23-18(25)16-9-2-3-10(12-6-11(9)12)17(16)19(23)26/h1-5,9-12,16-17H,6-7H2,(H,22,24)/t9-,10-,11-,12-,16+,17+/m0/s1. The maximum Gasteiger partial charge on any atom is 0.244 e. The van der Waals surface area contributed by atoms with Gasteiger partial charge >= 0.3 is 0 Å². The first-order chi connectivity index (χ1) is 12.5. The Balaban J connectivity index is 1.34. The minimum Gasteiger partial charge on any atom is -0.323 e. The first-order valence-corrected chi connectivity index (χ1v) is 9.50. The second-order valence-corrected chi connectivity index (χ2v) is 8.43. The minimum absolute atomic E-state index is 0.155. The van der Waals surface area contributed by atoms with E-state index >= 15 is 0 Å². The Hall–Kier alpha value is -1.85. The lowest BCUT2D eigenvalue weighted by Gasteiger charge is -2.37. The highest BCUT2D eigenvalue weighted by atomic mass is 35.5. The molecular weight excluding hydrogens is 375 g/mol. The zero-order chi connectivity index (χ0) is 18.2. The van der Waals surface area contributed by atoms with Gasteiger partial charge in [-0.1, -0.05) is 35.4 Å². The average molecular weight is 391 g/mol. The summed E-state index contributed by atoms with van der Waals surface area (Å²) in [6, 6.07) is 4.73. The zero-order valence-corrected chi connectivity index (χ0v) is 15.2. The van der Waals surface area contributed by atoms with Crippen LogP contribution in [0.1, 0.15) is 6.42 Å². The molecule has 0 spiro atoms. The molecule has 4 aliphatic carbocycles. The molecule has 1 aromatic rings. The number of carbonyl (C=O) groups is 3. The van der Waals surface area contributed by atoms with Crippen LogP contribution >= 0.6 is 23.2 Å². The van der Waals surface area contributed by atoms with E-state index in [0.29, 0.717) is 27.6 Å². The predicted molar refractivity (Wildman–Crippen MR) is 96.5 cm³/mol. The maximum atomic E-state index is 12.9. The quantitative estimate of drug-likeness (QED) is 0.637. The van der Waals surface area contributed by atoms with E-state index in [1.165, 1.54) is 6.07 Å². The second-order valence-electron chi connectivity index (χ2n) is 7.59. The van der Waals surface area contributed by atoms with Gasteiger partial charge < -0.3 is 5.32 Å².